The molecule has 1 aromatic heterocycles. The van der Waals surface area contributed by atoms with Gasteiger partial charge in [0.15, 0.2) is 5.15 Å². The Labute approximate surface area is 120 Å². The fourth-order valence-electron chi connectivity index (χ4n) is 1.79. The molecule has 0 unspecified atom stereocenters. The topological polar surface area (TPSA) is 90.5 Å². The average molecular weight is 303 g/mol. The molecular formula is C11H15ClN4O4. The molecule has 0 N–H and O–H groups in total. The van der Waals surface area contributed by atoms with Crippen molar-refractivity contribution in [3.8, 4) is 0 Å². The quantitative estimate of drug-likeness (QED) is 0.617. The second kappa shape index (κ2) is 4.93. The van der Waals surface area contributed by atoms with Gasteiger partial charge >= 0.3 is 11.9 Å². The Hall–Kier alpha value is -1.83. The van der Waals surface area contributed by atoms with E-state index >= 15 is 0 Å². The molecule has 2 heterocycles. The first-order chi connectivity index (χ1) is 9.17. The largest absolute Gasteiger partial charge is 0.444 e. The van der Waals surface area contributed by atoms with E-state index in [0.29, 0.717) is 13.1 Å². The molecule has 0 aliphatic carbocycles. The van der Waals surface area contributed by atoms with E-state index in [1.807, 2.05) is 0 Å². The van der Waals surface area contributed by atoms with Crippen LogP contribution in [-0.2, 0) is 4.74 Å². The molecule has 1 saturated heterocycles. The summed E-state index contributed by atoms with van der Waals surface area (Å²) >= 11 is 5.89. The Morgan fingerprint density at radius 1 is 1.55 bits per heavy atom. The number of likely N-dealkylation sites (tertiary alicyclic amines) is 1. The van der Waals surface area contributed by atoms with Crippen LogP contribution in [0.25, 0.3) is 0 Å². The molecule has 110 valence electrons. The minimum absolute atomic E-state index is 0.163. The van der Waals surface area contributed by atoms with Crippen molar-refractivity contribution < 1.29 is 14.5 Å². The smallest absolute Gasteiger partial charge is 0.410 e. The van der Waals surface area contributed by atoms with Gasteiger partial charge in [0.1, 0.15) is 11.6 Å². The van der Waals surface area contributed by atoms with E-state index in [4.69, 9.17) is 16.3 Å². The Morgan fingerprint density at radius 3 is 2.60 bits per heavy atom. The van der Waals surface area contributed by atoms with Crippen LogP contribution in [0.1, 0.15) is 26.8 Å². The lowest BCUT2D eigenvalue weighted by molar-refractivity contribution is -0.389. The first-order valence-electron chi connectivity index (χ1n) is 6.05. The van der Waals surface area contributed by atoms with Gasteiger partial charge in [-0.3, -0.25) is 0 Å². The standard InChI is InChI=1S/C11H15ClN4O4/c1-11(2,3)20-10(17)14-5-7(6-14)15-8(12)4-9(13-15)16(18)19/h4,7H,5-6H2,1-3H3. The van der Waals surface area contributed by atoms with Crippen molar-refractivity contribution in [3.05, 3.63) is 21.3 Å². The molecule has 1 amide bonds. The molecule has 1 fully saturated rings. The SMILES string of the molecule is CC(C)(C)OC(=O)N1CC(n2nc([N+](=O)[O-])cc2Cl)C1. The third-order valence-corrected chi connectivity index (χ3v) is 3.01. The summed E-state index contributed by atoms with van der Waals surface area (Å²) in [5.74, 6) is -0.300. The fraction of sp³-hybridized carbons (Fsp3) is 0.636. The Morgan fingerprint density at radius 2 is 2.15 bits per heavy atom. The van der Waals surface area contributed by atoms with E-state index in [9.17, 15) is 14.9 Å². The fourth-order valence-corrected chi connectivity index (χ4v) is 2.06. The molecule has 1 aliphatic rings. The average Bonchev–Trinajstić information content (AvgIpc) is 2.56. The molecule has 9 heteroatoms. The number of nitro groups is 1. The Bertz CT molecular complexity index is 545. The van der Waals surface area contributed by atoms with E-state index in [1.54, 1.807) is 20.8 Å². The van der Waals surface area contributed by atoms with Crippen molar-refractivity contribution in [1.82, 2.24) is 14.7 Å². The van der Waals surface area contributed by atoms with Gasteiger partial charge < -0.3 is 19.8 Å². The van der Waals surface area contributed by atoms with Crippen LogP contribution in [0.2, 0.25) is 5.15 Å². The molecular weight excluding hydrogens is 288 g/mol. The van der Waals surface area contributed by atoms with Crippen molar-refractivity contribution in [2.24, 2.45) is 0 Å². The summed E-state index contributed by atoms with van der Waals surface area (Å²) in [7, 11) is 0. The molecule has 20 heavy (non-hydrogen) atoms. The lowest BCUT2D eigenvalue weighted by Gasteiger charge is -2.38. The van der Waals surface area contributed by atoms with Crippen LogP contribution in [-0.4, -0.2) is 44.4 Å². The Balaban J connectivity index is 1.97. The normalized spacial score (nSPS) is 15.9. The zero-order valence-electron chi connectivity index (χ0n) is 11.4. The second-order valence-electron chi connectivity index (χ2n) is 5.57. The molecule has 0 saturated carbocycles. The number of halogens is 1. The van der Waals surface area contributed by atoms with Crippen LogP contribution in [0.3, 0.4) is 0 Å². The summed E-state index contributed by atoms with van der Waals surface area (Å²) < 4.78 is 6.58. The lowest BCUT2D eigenvalue weighted by Crippen LogP contribution is -2.52. The van der Waals surface area contributed by atoms with E-state index in [0.717, 1.165) is 0 Å². The minimum Gasteiger partial charge on any atom is -0.444 e. The summed E-state index contributed by atoms with van der Waals surface area (Å²) in [5.41, 5.74) is -0.551. The number of carbonyl (C=O) groups excluding carboxylic acids is 1. The Kier molecular flexibility index (Phi) is 3.59. The summed E-state index contributed by atoms with van der Waals surface area (Å²) in [5, 5.41) is 14.6. The van der Waals surface area contributed by atoms with Gasteiger partial charge in [0, 0.05) is 0 Å². The zero-order chi connectivity index (χ0) is 15.1. The third kappa shape index (κ3) is 3.01. The van der Waals surface area contributed by atoms with Gasteiger partial charge in [-0.2, -0.15) is 4.68 Å². The highest BCUT2D eigenvalue weighted by molar-refractivity contribution is 6.29. The molecule has 0 atom stereocenters. The number of hydrogen-bond donors (Lipinski definition) is 0. The van der Waals surface area contributed by atoms with Crippen LogP contribution in [0.5, 0.6) is 0 Å². The lowest BCUT2D eigenvalue weighted by atomic mass is 10.1. The van der Waals surface area contributed by atoms with Crippen molar-refractivity contribution in [2.75, 3.05) is 13.1 Å². The van der Waals surface area contributed by atoms with Crippen molar-refractivity contribution in [2.45, 2.75) is 32.4 Å². The molecule has 8 nitrogen and oxygen atoms in total. The monoisotopic (exact) mass is 302 g/mol. The summed E-state index contributed by atoms with van der Waals surface area (Å²) in [6, 6.07) is 1.03. The van der Waals surface area contributed by atoms with Crippen molar-refractivity contribution >= 4 is 23.5 Å². The van der Waals surface area contributed by atoms with Gasteiger partial charge in [-0.1, -0.05) is 11.6 Å². The highest BCUT2D eigenvalue weighted by Crippen LogP contribution is 2.28. The van der Waals surface area contributed by atoms with Crippen molar-refractivity contribution in [3.63, 3.8) is 0 Å². The van der Waals surface area contributed by atoms with Crippen LogP contribution in [0.15, 0.2) is 6.07 Å². The van der Waals surface area contributed by atoms with Crippen LogP contribution >= 0.6 is 11.6 Å². The van der Waals surface area contributed by atoms with Crippen LogP contribution < -0.4 is 0 Å². The van der Waals surface area contributed by atoms with Gasteiger partial charge in [-0.25, -0.2) is 4.79 Å². The maximum absolute atomic E-state index is 11.7. The molecule has 1 aromatic rings. The van der Waals surface area contributed by atoms with Gasteiger partial charge in [0.2, 0.25) is 0 Å². The van der Waals surface area contributed by atoms with Gasteiger partial charge in [0.05, 0.1) is 24.3 Å². The molecule has 2 rings (SSSR count). The predicted molar refractivity (Wildman–Crippen MR) is 70.7 cm³/mol. The van der Waals surface area contributed by atoms with Gasteiger partial charge in [-0.05, 0) is 25.7 Å². The van der Waals surface area contributed by atoms with E-state index < -0.39 is 16.6 Å². The highest BCUT2D eigenvalue weighted by Gasteiger charge is 2.38. The minimum atomic E-state index is -0.604. The van der Waals surface area contributed by atoms with Gasteiger partial charge in [-0.15, -0.1) is 0 Å². The molecule has 0 aromatic carbocycles. The van der Waals surface area contributed by atoms with Crippen molar-refractivity contribution in [1.29, 1.82) is 0 Å². The first-order valence-corrected chi connectivity index (χ1v) is 6.42. The second-order valence-corrected chi connectivity index (χ2v) is 5.95. The van der Waals surface area contributed by atoms with E-state index in [-0.39, 0.29) is 17.0 Å². The number of carbonyl (C=O) groups is 1. The molecule has 1 aliphatic heterocycles. The summed E-state index contributed by atoms with van der Waals surface area (Å²) in [6.07, 6.45) is -0.411. The third-order valence-electron chi connectivity index (χ3n) is 2.72. The number of amides is 1. The summed E-state index contributed by atoms with van der Waals surface area (Å²) in [4.78, 5) is 23.3. The predicted octanol–water partition coefficient (Wildman–Crippen LogP) is 2.24. The zero-order valence-corrected chi connectivity index (χ0v) is 12.1. The molecule has 0 spiro atoms. The van der Waals surface area contributed by atoms with E-state index in [2.05, 4.69) is 5.10 Å². The number of aromatic nitrogens is 2. The van der Waals surface area contributed by atoms with Crippen LogP contribution in [0, 0.1) is 10.1 Å². The molecule has 0 radical (unpaired) electrons. The highest BCUT2D eigenvalue weighted by atomic mass is 35.5. The van der Waals surface area contributed by atoms with E-state index in [1.165, 1.54) is 15.6 Å². The number of hydrogen-bond acceptors (Lipinski definition) is 5. The number of ether oxygens (including phenoxy) is 1. The number of rotatable bonds is 2. The number of nitrogens with zero attached hydrogens (tertiary/aromatic N) is 4. The maximum Gasteiger partial charge on any atom is 0.410 e. The molecule has 0 bridgehead atoms. The first kappa shape index (κ1) is 14.6. The van der Waals surface area contributed by atoms with Gasteiger partial charge in [0.25, 0.3) is 0 Å². The maximum atomic E-state index is 11.7. The summed E-state index contributed by atoms with van der Waals surface area (Å²) in [6.45, 7) is 6.10. The van der Waals surface area contributed by atoms with Crippen LogP contribution in [0.4, 0.5) is 10.6 Å².